The maximum absolute atomic E-state index is 13.6. The first-order chi connectivity index (χ1) is 19.0. The second-order valence-corrected chi connectivity index (χ2v) is 10.1. The zero-order valence-corrected chi connectivity index (χ0v) is 21.8. The van der Waals surface area contributed by atoms with Crippen molar-refractivity contribution in [2.24, 2.45) is 12.8 Å². The van der Waals surface area contributed by atoms with Crippen molar-refractivity contribution in [3.05, 3.63) is 105 Å². The van der Waals surface area contributed by atoms with E-state index in [1.807, 2.05) is 72.8 Å². The molecule has 1 saturated carbocycles. The molecule has 198 valence electrons. The lowest BCUT2D eigenvalue weighted by atomic mass is 9.91. The van der Waals surface area contributed by atoms with E-state index >= 15 is 0 Å². The molecule has 2 atom stereocenters. The van der Waals surface area contributed by atoms with Crippen LogP contribution in [-0.2, 0) is 13.6 Å². The summed E-state index contributed by atoms with van der Waals surface area (Å²) in [6.45, 7) is 0.403. The highest BCUT2D eigenvalue weighted by Crippen LogP contribution is 2.31. The molecule has 3 heterocycles. The lowest BCUT2D eigenvalue weighted by molar-refractivity contribution is 0.299. The molecule has 9 nitrogen and oxygen atoms in total. The number of aromatic nitrogens is 5. The molecule has 0 radical (unpaired) electrons. The second-order valence-electron chi connectivity index (χ2n) is 10.1. The third-order valence-corrected chi connectivity index (χ3v) is 7.57. The number of hydrogen-bond acceptors (Lipinski definition) is 6. The number of fused-ring (bicyclic) bond motifs is 1. The summed E-state index contributed by atoms with van der Waals surface area (Å²) in [5, 5.41) is 8.68. The molecule has 1 aliphatic rings. The van der Waals surface area contributed by atoms with Gasteiger partial charge in [0.25, 0.3) is 5.56 Å². The van der Waals surface area contributed by atoms with Gasteiger partial charge in [0, 0.05) is 30.5 Å². The fraction of sp³-hybridized carbons (Fsp3) is 0.267. The predicted molar refractivity (Wildman–Crippen MR) is 153 cm³/mol. The van der Waals surface area contributed by atoms with Crippen LogP contribution in [0.4, 0.5) is 11.5 Å². The molecule has 0 saturated heterocycles. The minimum atomic E-state index is -0.384. The van der Waals surface area contributed by atoms with Crippen LogP contribution in [0.5, 0.6) is 0 Å². The van der Waals surface area contributed by atoms with Gasteiger partial charge in [-0.1, -0.05) is 61.4 Å². The largest absolute Gasteiger partial charge is 0.340 e. The Bertz CT molecular complexity index is 1720. The number of nitrogens with zero attached hydrogens (tertiary/aromatic N) is 5. The quantitative estimate of drug-likeness (QED) is 0.346. The molecule has 5 aromatic rings. The van der Waals surface area contributed by atoms with E-state index in [0.717, 1.165) is 48.2 Å². The summed E-state index contributed by atoms with van der Waals surface area (Å²) in [6, 6.07) is 23.2. The second kappa shape index (κ2) is 10.3. The maximum atomic E-state index is 13.6. The minimum absolute atomic E-state index is 0.174. The van der Waals surface area contributed by atoms with Crippen LogP contribution in [0.2, 0.25) is 0 Å². The molecule has 0 amide bonds. The average Bonchev–Trinajstić information content (AvgIpc) is 3.31. The molecule has 6 rings (SSSR count). The monoisotopic (exact) mass is 521 g/mol. The Labute approximate surface area is 225 Å². The molecular weight excluding hydrogens is 490 g/mol. The van der Waals surface area contributed by atoms with Crippen molar-refractivity contribution in [1.29, 1.82) is 0 Å². The Kier molecular flexibility index (Phi) is 6.58. The van der Waals surface area contributed by atoms with E-state index in [0.29, 0.717) is 23.4 Å². The smallest absolute Gasteiger partial charge is 0.332 e. The zero-order valence-electron chi connectivity index (χ0n) is 21.8. The van der Waals surface area contributed by atoms with E-state index in [1.54, 1.807) is 15.4 Å². The number of pyridine rings is 1. The number of nitrogens with one attached hydrogen (secondary N) is 1. The standard InChI is InChI=1S/C30H31N7O2/c1-35-29(38)26-27(33-22-9-3-2-4-10-22)36(19-20-14-16-21(17-15-20)24-12-7-8-18-32-24)34-28(26)37(30(35)39)25-13-6-5-11-23(25)31/h2-4,7-10,12,14-18,23,25,33H,5-6,11,13,19,31H2,1H3. The predicted octanol–water partition coefficient (Wildman–Crippen LogP) is 4.19. The van der Waals surface area contributed by atoms with E-state index in [4.69, 9.17) is 10.8 Å². The van der Waals surface area contributed by atoms with Crippen LogP contribution in [0.25, 0.3) is 22.3 Å². The lowest BCUT2D eigenvalue weighted by Crippen LogP contribution is -2.45. The molecule has 1 aliphatic carbocycles. The van der Waals surface area contributed by atoms with Gasteiger partial charge in [0.1, 0.15) is 11.2 Å². The summed E-state index contributed by atoms with van der Waals surface area (Å²) in [4.78, 5) is 31.4. The molecule has 3 aromatic heterocycles. The molecular formula is C30H31N7O2. The summed E-state index contributed by atoms with van der Waals surface area (Å²) >= 11 is 0. The minimum Gasteiger partial charge on any atom is -0.340 e. The fourth-order valence-electron chi connectivity index (χ4n) is 5.47. The molecule has 0 bridgehead atoms. The first-order valence-corrected chi connectivity index (χ1v) is 13.3. The summed E-state index contributed by atoms with van der Waals surface area (Å²) in [7, 11) is 1.52. The zero-order chi connectivity index (χ0) is 26.9. The van der Waals surface area contributed by atoms with Gasteiger partial charge in [0.15, 0.2) is 5.65 Å². The third kappa shape index (κ3) is 4.66. The highest BCUT2D eigenvalue weighted by molar-refractivity contribution is 5.89. The van der Waals surface area contributed by atoms with Gasteiger partial charge in [0.05, 0.1) is 18.3 Å². The Morgan fingerprint density at radius 1 is 0.949 bits per heavy atom. The summed E-state index contributed by atoms with van der Waals surface area (Å²) in [5.41, 5.74) is 9.85. The van der Waals surface area contributed by atoms with Crippen LogP contribution in [0.1, 0.15) is 37.3 Å². The van der Waals surface area contributed by atoms with E-state index in [-0.39, 0.29) is 23.3 Å². The molecule has 39 heavy (non-hydrogen) atoms. The Hall–Kier alpha value is -4.50. The molecule has 3 N–H and O–H groups in total. The van der Waals surface area contributed by atoms with Gasteiger partial charge in [-0.2, -0.15) is 5.10 Å². The molecule has 2 unspecified atom stereocenters. The van der Waals surface area contributed by atoms with Crippen LogP contribution < -0.4 is 22.3 Å². The molecule has 2 aromatic carbocycles. The maximum Gasteiger partial charge on any atom is 0.332 e. The van der Waals surface area contributed by atoms with Crippen molar-refractivity contribution in [2.75, 3.05) is 5.32 Å². The number of rotatable bonds is 6. The normalized spacial score (nSPS) is 17.4. The third-order valence-electron chi connectivity index (χ3n) is 7.57. The summed E-state index contributed by atoms with van der Waals surface area (Å²) in [5.74, 6) is 0.545. The van der Waals surface area contributed by atoms with Gasteiger partial charge in [0.2, 0.25) is 0 Å². The van der Waals surface area contributed by atoms with E-state index in [1.165, 1.54) is 11.6 Å². The van der Waals surface area contributed by atoms with Crippen LogP contribution in [0, 0.1) is 0 Å². The SMILES string of the molecule is Cn1c(=O)c2c(Nc3ccccc3)n(Cc3ccc(-c4ccccn4)cc3)nc2n(C2CCCCC2N)c1=O. The number of para-hydroxylation sites is 1. The van der Waals surface area contributed by atoms with E-state index in [9.17, 15) is 9.59 Å². The highest BCUT2D eigenvalue weighted by Gasteiger charge is 2.30. The van der Waals surface area contributed by atoms with Crippen molar-refractivity contribution in [3.63, 3.8) is 0 Å². The van der Waals surface area contributed by atoms with Gasteiger partial charge in [-0.25, -0.2) is 9.48 Å². The number of hydrogen-bond donors (Lipinski definition) is 2. The Morgan fingerprint density at radius 3 is 2.41 bits per heavy atom. The first-order valence-electron chi connectivity index (χ1n) is 13.3. The average molecular weight is 522 g/mol. The van der Waals surface area contributed by atoms with Crippen LogP contribution in [-0.4, -0.2) is 29.9 Å². The highest BCUT2D eigenvalue weighted by atomic mass is 16.2. The lowest BCUT2D eigenvalue weighted by Gasteiger charge is -2.30. The molecule has 0 aliphatic heterocycles. The number of anilines is 2. The molecule has 9 heteroatoms. The number of nitrogens with two attached hydrogens (primary N) is 1. The van der Waals surface area contributed by atoms with Crippen LogP contribution in [0.15, 0.2) is 88.6 Å². The Morgan fingerprint density at radius 2 is 1.69 bits per heavy atom. The van der Waals surface area contributed by atoms with E-state index in [2.05, 4.69) is 10.3 Å². The van der Waals surface area contributed by atoms with Gasteiger partial charge >= 0.3 is 5.69 Å². The number of benzene rings is 2. The topological polar surface area (TPSA) is 113 Å². The van der Waals surface area contributed by atoms with Crippen molar-refractivity contribution in [1.82, 2.24) is 23.9 Å². The van der Waals surface area contributed by atoms with Crippen molar-refractivity contribution in [2.45, 2.75) is 44.3 Å². The fourth-order valence-corrected chi connectivity index (χ4v) is 5.47. The van der Waals surface area contributed by atoms with E-state index < -0.39 is 0 Å². The van der Waals surface area contributed by atoms with Gasteiger partial charge in [-0.15, -0.1) is 0 Å². The van der Waals surface area contributed by atoms with Crippen LogP contribution in [0.3, 0.4) is 0 Å². The van der Waals surface area contributed by atoms with Crippen molar-refractivity contribution >= 4 is 22.5 Å². The summed E-state index contributed by atoms with van der Waals surface area (Å²) < 4.78 is 4.60. The first kappa shape index (κ1) is 24.8. The summed E-state index contributed by atoms with van der Waals surface area (Å²) in [6.07, 6.45) is 5.40. The van der Waals surface area contributed by atoms with Gasteiger partial charge < -0.3 is 11.1 Å². The Balaban J connectivity index is 1.50. The van der Waals surface area contributed by atoms with Crippen molar-refractivity contribution < 1.29 is 0 Å². The molecule has 0 spiro atoms. The van der Waals surface area contributed by atoms with Crippen molar-refractivity contribution in [3.8, 4) is 11.3 Å². The van der Waals surface area contributed by atoms with Crippen LogP contribution >= 0.6 is 0 Å². The molecule has 1 fully saturated rings. The van der Waals surface area contributed by atoms with Gasteiger partial charge in [-0.05, 0) is 42.7 Å². The van der Waals surface area contributed by atoms with Gasteiger partial charge in [-0.3, -0.25) is 18.9 Å².